The number of ether oxygens (including phenoxy) is 2. The average molecular weight is 793 g/mol. The molecule has 8 rings (SSSR count). The minimum absolute atomic E-state index is 0.0651. The lowest BCUT2D eigenvalue weighted by atomic mass is 9.49. The molecule has 13 nitrogen and oxygen atoms in total. The number of amides is 5. The van der Waals surface area contributed by atoms with Crippen LogP contribution in [0.15, 0.2) is 54.6 Å². The van der Waals surface area contributed by atoms with E-state index in [0.717, 1.165) is 42.1 Å². The Hall–Kier alpha value is -5.45. The molecule has 2 N–H and O–H groups in total. The van der Waals surface area contributed by atoms with Crippen LogP contribution in [0, 0.1) is 22.2 Å². The van der Waals surface area contributed by atoms with Gasteiger partial charge in [0.2, 0.25) is 11.8 Å². The van der Waals surface area contributed by atoms with Crippen molar-refractivity contribution in [1.82, 2.24) is 20.4 Å². The zero-order valence-corrected chi connectivity index (χ0v) is 33.2. The van der Waals surface area contributed by atoms with E-state index < -0.39 is 29.7 Å². The van der Waals surface area contributed by atoms with Gasteiger partial charge in [0, 0.05) is 78.4 Å². The predicted octanol–water partition coefficient (Wildman–Crippen LogP) is 5.09. The van der Waals surface area contributed by atoms with Gasteiger partial charge in [0.1, 0.15) is 36.3 Å². The van der Waals surface area contributed by atoms with Crippen LogP contribution in [0.2, 0.25) is 5.02 Å². The van der Waals surface area contributed by atoms with Crippen LogP contribution in [0.5, 0.6) is 11.5 Å². The number of piperidine rings is 2. The first kappa shape index (κ1) is 38.4. The minimum Gasteiger partial charge on any atom is -0.492 e. The Balaban J connectivity index is 0.865. The first-order valence-corrected chi connectivity index (χ1v) is 19.8. The zero-order chi connectivity index (χ0) is 40.4. The normalized spacial score (nSPS) is 24.3. The summed E-state index contributed by atoms with van der Waals surface area (Å²) in [4.78, 5) is 70.2. The highest BCUT2D eigenvalue weighted by Crippen LogP contribution is 2.55. The largest absolute Gasteiger partial charge is 0.492 e. The van der Waals surface area contributed by atoms with Crippen molar-refractivity contribution in [2.24, 2.45) is 10.8 Å². The van der Waals surface area contributed by atoms with E-state index in [0.29, 0.717) is 47.3 Å². The first-order valence-electron chi connectivity index (χ1n) is 19.4. The Morgan fingerprint density at radius 1 is 0.930 bits per heavy atom. The fraction of sp³-hybridized carbons (Fsp3) is 0.442. The van der Waals surface area contributed by atoms with Gasteiger partial charge < -0.3 is 19.7 Å². The third-order valence-corrected chi connectivity index (χ3v) is 12.8. The zero-order valence-electron chi connectivity index (χ0n) is 32.4. The molecule has 1 aliphatic carbocycles. The second kappa shape index (κ2) is 14.5. The summed E-state index contributed by atoms with van der Waals surface area (Å²) >= 11 is 6.25. The van der Waals surface area contributed by atoms with Crippen LogP contribution >= 0.6 is 11.6 Å². The number of nitriles is 1. The molecule has 2 saturated heterocycles. The minimum atomic E-state index is -1.02. The smallest absolute Gasteiger partial charge is 0.262 e. The summed E-state index contributed by atoms with van der Waals surface area (Å²) in [5.74, 6) is -1.11. The van der Waals surface area contributed by atoms with Crippen molar-refractivity contribution in [3.8, 4) is 17.6 Å². The molecule has 0 bridgehead atoms. The van der Waals surface area contributed by atoms with E-state index in [4.69, 9.17) is 21.1 Å². The van der Waals surface area contributed by atoms with Gasteiger partial charge in [-0.15, -0.1) is 0 Å². The molecule has 0 radical (unpaired) electrons. The molecule has 3 aromatic rings. The van der Waals surface area contributed by atoms with Crippen LogP contribution in [0.25, 0.3) is 0 Å². The maximum absolute atomic E-state index is 13.5. The van der Waals surface area contributed by atoms with Gasteiger partial charge in [0.05, 0.1) is 21.7 Å². The van der Waals surface area contributed by atoms with Crippen molar-refractivity contribution in [3.05, 3.63) is 87.4 Å². The summed E-state index contributed by atoms with van der Waals surface area (Å²) in [7, 11) is 0. The van der Waals surface area contributed by atoms with Crippen LogP contribution in [-0.4, -0.2) is 89.8 Å². The monoisotopic (exact) mass is 792 g/mol. The molecule has 5 aliphatic rings. The van der Waals surface area contributed by atoms with Crippen molar-refractivity contribution < 1.29 is 33.4 Å². The van der Waals surface area contributed by atoms with Gasteiger partial charge in [-0.3, -0.25) is 39.1 Å². The number of hydrogen-bond donors (Lipinski definition) is 2. The quantitative estimate of drug-likeness (QED) is 0.309. The number of rotatable bonds is 7. The number of nitrogens with zero attached hydrogens (tertiary/aromatic N) is 4. The summed E-state index contributed by atoms with van der Waals surface area (Å²) in [5.41, 5.74) is 2.56. The molecule has 0 spiro atoms. The number of anilines is 1. The van der Waals surface area contributed by atoms with Crippen LogP contribution in [0.3, 0.4) is 0 Å². The Labute approximate surface area is 336 Å². The predicted molar refractivity (Wildman–Crippen MR) is 210 cm³/mol. The summed E-state index contributed by atoms with van der Waals surface area (Å²) in [5, 5.41) is 15.1. The molecule has 14 heteroatoms. The molecule has 1 saturated carbocycles. The van der Waals surface area contributed by atoms with Gasteiger partial charge in [-0.05, 0) is 67.8 Å². The highest BCUT2D eigenvalue weighted by atomic mass is 35.5. The van der Waals surface area contributed by atoms with Gasteiger partial charge in [-0.25, -0.2) is 0 Å². The SMILES string of the molecule is CC1(C)C(NC(=O)c2ccc(N3CCC(N4CCOc5cc6c(cc5C4)C(=O)N(C4CCC(=O)NC4=O)C6=O)CC3)cc2)C(C)(C)C1Oc1ccc(C#N)c(Cl)c1. The lowest BCUT2D eigenvalue weighted by Gasteiger charge is -2.63. The third-order valence-electron chi connectivity index (χ3n) is 12.5. The van der Waals surface area contributed by atoms with Crippen LogP contribution in [0.1, 0.15) is 95.6 Å². The number of benzene rings is 3. The first-order chi connectivity index (χ1) is 27.2. The molecule has 3 aromatic carbocycles. The maximum Gasteiger partial charge on any atom is 0.262 e. The van der Waals surface area contributed by atoms with E-state index in [9.17, 15) is 29.2 Å². The Morgan fingerprint density at radius 2 is 1.61 bits per heavy atom. The number of carbonyl (C=O) groups excluding carboxylic acids is 5. The molecule has 57 heavy (non-hydrogen) atoms. The van der Waals surface area contributed by atoms with Gasteiger partial charge >= 0.3 is 0 Å². The molecular weight excluding hydrogens is 748 g/mol. The Bertz CT molecular complexity index is 2210. The van der Waals surface area contributed by atoms with Crippen molar-refractivity contribution in [3.63, 3.8) is 0 Å². The summed E-state index contributed by atoms with van der Waals surface area (Å²) in [6, 6.07) is 17.3. The average Bonchev–Trinajstić information content (AvgIpc) is 3.30. The molecular formula is C43H45ClN6O7. The van der Waals surface area contributed by atoms with E-state index >= 15 is 0 Å². The summed E-state index contributed by atoms with van der Waals surface area (Å²) < 4.78 is 12.5. The van der Waals surface area contributed by atoms with E-state index in [-0.39, 0.29) is 58.9 Å². The molecule has 4 aliphatic heterocycles. The van der Waals surface area contributed by atoms with E-state index in [1.54, 1.807) is 30.3 Å². The van der Waals surface area contributed by atoms with E-state index in [1.807, 2.05) is 24.3 Å². The van der Waals surface area contributed by atoms with Gasteiger partial charge in [-0.2, -0.15) is 5.26 Å². The number of hydrogen-bond acceptors (Lipinski definition) is 10. The molecule has 1 atom stereocenters. The third kappa shape index (κ3) is 6.78. The topological polar surface area (TPSA) is 161 Å². The van der Waals surface area contributed by atoms with Crippen LogP contribution in [-0.2, 0) is 16.1 Å². The molecule has 4 heterocycles. The van der Waals surface area contributed by atoms with E-state index in [1.165, 1.54) is 0 Å². The van der Waals surface area contributed by atoms with Gasteiger partial charge in [-0.1, -0.05) is 39.3 Å². The lowest BCUT2D eigenvalue weighted by Crippen LogP contribution is -2.74. The second-order valence-electron chi connectivity index (χ2n) is 16.8. The number of fused-ring (bicyclic) bond motifs is 2. The fourth-order valence-corrected chi connectivity index (χ4v) is 10.0. The number of nitrogens with one attached hydrogen (secondary N) is 2. The molecule has 0 aromatic heterocycles. The summed E-state index contributed by atoms with van der Waals surface area (Å²) in [6.45, 7) is 11.7. The number of halogens is 1. The van der Waals surface area contributed by atoms with Crippen molar-refractivity contribution >= 4 is 46.8 Å². The molecule has 1 unspecified atom stereocenters. The molecule has 3 fully saturated rings. The van der Waals surface area contributed by atoms with Gasteiger partial charge in [0.15, 0.2) is 0 Å². The molecule has 5 amide bonds. The molecule has 296 valence electrons. The van der Waals surface area contributed by atoms with Crippen molar-refractivity contribution in [2.75, 3.05) is 31.1 Å². The standard InChI is InChI=1S/C43H45ClN6O7/c1-42(2)40(43(3,4)41(42)57-29-10-7-25(22-45)32(44)20-29)47-36(52)24-5-8-27(9-6-24)48-15-13-28(14-16-48)49-17-18-56-34-21-31-30(19-26(34)23-49)38(54)50(39(31)55)33-11-12-35(51)46-37(33)53/h5-10,19-21,28,33,40-41H,11-18,23H2,1-4H3,(H,47,52)(H,46,51,53). The van der Waals surface area contributed by atoms with Gasteiger partial charge in [0.25, 0.3) is 17.7 Å². The highest BCUT2D eigenvalue weighted by Gasteiger charge is 2.64. The van der Waals surface area contributed by atoms with Crippen LogP contribution in [0.4, 0.5) is 5.69 Å². The Kier molecular flexibility index (Phi) is 9.77. The number of imide groups is 2. The fourth-order valence-electron chi connectivity index (χ4n) is 9.81. The maximum atomic E-state index is 13.5. The van der Waals surface area contributed by atoms with E-state index in [2.05, 4.69) is 54.2 Å². The highest BCUT2D eigenvalue weighted by molar-refractivity contribution is 6.31. The Morgan fingerprint density at radius 3 is 2.26 bits per heavy atom. The number of carbonyl (C=O) groups is 5. The second-order valence-corrected chi connectivity index (χ2v) is 17.2. The lowest BCUT2D eigenvalue weighted by molar-refractivity contribution is -0.164. The summed E-state index contributed by atoms with van der Waals surface area (Å²) in [6.07, 6.45) is 1.79. The van der Waals surface area contributed by atoms with Crippen molar-refractivity contribution in [1.29, 1.82) is 5.26 Å². The van der Waals surface area contributed by atoms with Crippen LogP contribution < -0.4 is 25.0 Å². The van der Waals surface area contributed by atoms with Crippen molar-refractivity contribution in [2.45, 2.75) is 84.2 Å².